The highest BCUT2D eigenvalue weighted by molar-refractivity contribution is 6.35. The van der Waals surface area contributed by atoms with Crippen molar-refractivity contribution >= 4 is 28.5 Å². The van der Waals surface area contributed by atoms with Gasteiger partial charge in [-0.25, -0.2) is 0 Å². The van der Waals surface area contributed by atoms with Crippen molar-refractivity contribution in [2.24, 2.45) is 0 Å². The molecule has 3 rings (SSSR count). The number of fused-ring (bicyclic) bond motifs is 2. The molecule has 98 valence electrons. The first-order valence-corrected chi connectivity index (χ1v) is 6.85. The van der Waals surface area contributed by atoms with Crippen molar-refractivity contribution in [3.8, 4) is 0 Å². The lowest BCUT2D eigenvalue weighted by Gasteiger charge is -2.20. The lowest BCUT2D eigenvalue weighted by atomic mass is 9.88. The molecule has 3 nitrogen and oxygen atoms in total. The topological polar surface area (TPSA) is 50.2 Å². The maximum Gasteiger partial charge on any atom is 0.307 e. The van der Waals surface area contributed by atoms with E-state index in [0.29, 0.717) is 5.02 Å². The highest BCUT2D eigenvalue weighted by Gasteiger charge is 2.20. The number of rotatable bonds is 2. The number of carboxylic acid groups (broad SMARTS) is 1. The van der Waals surface area contributed by atoms with Gasteiger partial charge in [0.2, 0.25) is 0 Å². The van der Waals surface area contributed by atoms with Gasteiger partial charge in [-0.05, 0) is 42.9 Å². The van der Waals surface area contributed by atoms with Gasteiger partial charge in [-0.15, -0.1) is 0 Å². The van der Waals surface area contributed by atoms with Gasteiger partial charge in [-0.2, -0.15) is 0 Å². The molecule has 1 aromatic heterocycles. The van der Waals surface area contributed by atoms with Gasteiger partial charge in [0.05, 0.1) is 17.0 Å². The maximum atomic E-state index is 11.1. The second-order valence-corrected chi connectivity index (χ2v) is 5.34. The average molecular weight is 276 g/mol. The Hall–Kier alpha value is -1.61. The van der Waals surface area contributed by atoms with Crippen molar-refractivity contribution in [1.29, 1.82) is 0 Å². The third-order valence-electron chi connectivity index (χ3n) is 3.69. The number of para-hydroxylation sites is 1. The van der Waals surface area contributed by atoms with Crippen molar-refractivity contribution in [2.45, 2.75) is 32.1 Å². The molecule has 1 aliphatic rings. The lowest BCUT2D eigenvalue weighted by Crippen LogP contribution is -2.13. The molecule has 0 aliphatic heterocycles. The Kier molecular flexibility index (Phi) is 3.15. The zero-order valence-electron chi connectivity index (χ0n) is 10.4. The molecule has 1 aromatic carbocycles. The first-order chi connectivity index (χ1) is 9.16. The molecule has 0 fully saturated rings. The monoisotopic (exact) mass is 275 g/mol. The number of halogens is 1. The van der Waals surface area contributed by atoms with Gasteiger partial charge in [0.25, 0.3) is 0 Å². The van der Waals surface area contributed by atoms with E-state index in [2.05, 4.69) is 4.98 Å². The van der Waals surface area contributed by atoms with Gasteiger partial charge in [0.15, 0.2) is 0 Å². The van der Waals surface area contributed by atoms with Crippen LogP contribution in [0.2, 0.25) is 5.02 Å². The number of aliphatic carboxylic acids is 1. The van der Waals surface area contributed by atoms with E-state index in [9.17, 15) is 4.79 Å². The predicted molar refractivity (Wildman–Crippen MR) is 74.7 cm³/mol. The summed E-state index contributed by atoms with van der Waals surface area (Å²) >= 11 is 6.20. The van der Waals surface area contributed by atoms with Crippen LogP contribution in [0.5, 0.6) is 0 Å². The summed E-state index contributed by atoms with van der Waals surface area (Å²) in [5, 5.41) is 10.6. The minimum atomic E-state index is -0.805. The first-order valence-electron chi connectivity index (χ1n) is 6.47. The maximum absolute atomic E-state index is 11.1. The standard InChI is InChI=1S/C15H14ClNO2/c16-12-6-3-5-10-11(8-14(18)19)9-4-1-2-7-13(9)17-15(10)12/h3,5-6H,1-2,4,7-8H2,(H,18,19). The molecule has 0 saturated heterocycles. The molecule has 1 N–H and O–H groups in total. The largest absolute Gasteiger partial charge is 0.481 e. The molecule has 1 aliphatic carbocycles. The Morgan fingerprint density at radius 3 is 2.89 bits per heavy atom. The summed E-state index contributed by atoms with van der Waals surface area (Å²) in [6, 6.07) is 5.57. The summed E-state index contributed by atoms with van der Waals surface area (Å²) < 4.78 is 0. The van der Waals surface area contributed by atoms with E-state index in [1.807, 2.05) is 12.1 Å². The summed E-state index contributed by atoms with van der Waals surface area (Å²) in [6.45, 7) is 0. The van der Waals surface area contributed by atoms with E-state index in [4.69, 9.17) is 16.7 Å². The first kappa shape index (κ1) is 12.4. The summed E-state index contributed by atoms with van der Waals surface area (Å²) in [7, 11) is 0. The molecule has 19 heavy (non-hydrogen) atoms. The number of nitrogens with zero attached hydrogens (tertiary/aromatic N) is 1. The number of carbonyl (C=O) groups is 1. The third kappa shape index (κ3) is 2.19. The summed E-state index contributed by atoms with van der Waals surface area (Å²) in [5.74, 6) is -0.805. The van der Waals surface area contributed by atoms with Gasteiger partial charge in [0.1, 0.15) is 0 Å². The van der Waals surface area contributed by atoms with Crippen LogP contribution in [0.15, 0.2) is 18.2 Å². The average Bonchev–Trinajstić information content (AvgIpc) is 2.39. The fraction of sp³-hybridized carbons (Fsp3) is 0.333. The predicted octanol–water partition coefficient (Wildman–Crippen LogP) is 3.39. The Morgan fingerprint density at radius 2 is 2.11 bits per heavy atom. The Labute approximate surface area is 116 Å². The number of aryl methyl sites for hydroxylation is 1. The fourth-order valence-corrected chi connectivity index (χ4v) is 3.08. The molecule has 2 aromatic rings. The van der Waals surface area contributed by atoms with Crippen LogP contribution >= 0.6 is 11.6 Å². The van der Waals surface area contributed by atoms with Crippen LogP contribution in [0.1, 0.15) is 29.7 Å². The van der Waals surface area contributed by atoms with Gasteiger partial charge >= 0.3 is 5.97 Å². The zero-order valence-corrected chi connectivity index (χ0v) is 11.2. The number of hydrogen-bond acceptors (Lipinski definition) is 2. The minimum absolute atomic E-state index is 0.0433. The quantitative estimate of drug-likeness (QED) is 0.914. The van der Waals surface area contributed by atoms with Crippen molar-refractivity contribution in [3.63, 3.8) is 0 Å². The Balaban J connectivity index is 2.33. The van der Waals surface area contributed by atoms with Crippen LogP contribution < -0.4 is 0 Å². The van der Waals surface area contributed by atoms with Crippen LogP contribution in [-0.2, 0) is 24.1 Å². The Bertz CT molecular complexity index is 667. The van der Waals surface area contributed by atoms with Crippen LogP contribution in [0.3, 0.4) is 0 Å². The molecule has 0 unspecified atom stereocenters. The summed E-state index contributed by atoms with van der Waals surface area (Å²) in [4.78, 5) is 15.8. The second-order valence-electron chi connectivity index (χ2n) is 4.93. The van der Waals surface area contributed by atoms with Crippen molar-refractivity contribution in [1.82, 2.24) is 4.98 Å². The smallest absolute Gasteiger partial charge is 0.307 e. The van der Waals surface area contributed by atoms with Crippen molar-refractivity contribution in [2.75, 3.05) is 0 Å². The molecule has 0 saturated carbocycles. The molecule has 0 spiro atoms. The van der Waals surface area contributed by atoms with Crippen molar-refractivity contribution < 1.29 is 9.90 Å². The van der Waals surface area contributed by atoms with Crippen LogP contribution in [-0.4, -0.2) is 16.1 Å². The molecule has 0 bridgehead atoms. The number of carboxylic acids is 1. The van der Waals surface area contributed by atoms with Crippen molar-refractivity contribution in [3.05, 3.63) is 40.0 Å². The van der Waals surface area contributed by atoms with Crippen LogP contribution in [0.25, 0.3) is 10.9 Å². The van der Waals surface area contributed by atoms with Crippen LogP contribution in [0, 0.1) is 0 Å². The van der Waals surface area contributed by atoms with Gasteiger partial charge in [-0.1, -0.05) is 23.7 Å². The lowest BCUT2D eigenvalue weighted by molar-refractivity contribution is -0.136. The van der Waals surface area contributed by atoms with E-state index >= 15 is 0 Å². The summed E-state index contributed by atoms with van der Waals surface area (Å²) in [5.41, 5.74) is 3.79. The van der Waals surface area contributed by atoms with Gasteiger partial charge in [-0.3, -0.25) is 9.78 Å². The molecule has 4 heteroatoms. The highest BCUT2D eigenvalue weighted by Crippen LogP contribution is 2.32. The molecule has 1 heterocycles. The SMILES string of the molecule is O=C(O)Cc1c2c(nc3c(Cl)cccc13)CCCC2. The van der Waals surface area contributed by atoms with E-state index < -0.39 is 5.97 Å². The Morgan fingerprint density at radius 1 is 1.32 bits per heavy atom. The van der Waals surface area contributed by atoms with E-state index in [0.717, 1.165) is 53.4 Å². The highest BCUT2D eigenvalue weighted by atomic mass is 35.5. The minimum Gasteiger partial charge on any atom is -0.481 e. The molecule has 0 radical (unpaired) electrons. The van der Waals surface area contributed by atoms with E-state index in [1.54, 1.807) is 6.07 Å². The second kappa shape index (κ2) is 4.82. The van der Waals surface area contributed by atoms with E-state index in [-0.39, 0.29) is 6.42 Å². The van der Waals surface area contributed by atoms with E-state index in [1.165, 1.54) is 0 Å². The summed E-state index contributed by atoms with van der Waals surface area (Å²) in [6.07, 6.45) is 4.11. The fourth-order valence-electron chi connectivity index (χ4n) is 2.86. The van der Waals surface area contributed by atoms with Gasteiger partial charge in [0, 0.05) is 11.1 Å². The number of benzene rings is 1. The van der Waals surface area contributed by atoms with Gasteiger partial charge < -0.3 is 5.11 Å². The molecular weight excluding hydrogens is 262 g/mol. The van der Waals surface area contributed by atoms with Crippen LogP contribution in [0.4, 0.5) is 0 Å². The normalized spacial score (nSPS) is 14.4. The molecule has 0 atom stereocenters. The number of pyridine rings is 1. The number of hydrogen-bond donors (Lipinski definition) is 1. The zero-order chi connectivity index (χ0) is 13.4. The number of aromatic nitrogens is 1. The third-order valence-corrected chi connectivity index (χ3v) is 3.99. The molecule has 0 amide bonds. The molecular formula is C15H14ClNO2.